The summed E-state index contributed by atoms with van der Waals surface area (Å²) in [6, 6.07) is 3.37. The summed E-state index contributed by atoms with van der Waals surface area (Å²) in [5.74, 6) is -0.408. The van der Waals surface area contributed by atoms with Crippen molar-refractivity contribution in [2.75, 3.05) is 13.2 Å². The zero-order valence-electron chi connectivity index (χ0n) is 10.4. The summed E-state index contributed by atoms with van der Waals surface area (Å²) in [5, 5.41) is 1.78. The Balaban J connectivity index is 2.66. The fourth-order valence-electron chi connectivity index (χ4n) is 2.09. The summed E-state index contributed by atoms with van der Waals surface area (Å²) in [6.07, 6.45) is 0.537. The van der Waals surface area contributed by atoms with Crippen LogP contribution in [-0.2, 0) is 11.2 Å². The topological polar surface area (TPSA) is 68.1 Å². The number of ether oxygens (including phenoxy) is 1. The zero-order chi connectivity index (χ0) is 14.0. The first kappa shape index (κ1) is 14.2. The van der Waals surface area contributed by atoms with Gasteiger partial charge in [-0.25, -0.2) is 4.79 Å². The van der Waals surface area contributed by atoms with E-state index in [1.54, 1.807) is 19.1 Å². The molecule has 0 amide bonds. The molecule has 0 aliphatic rings. The van der Waals surface area contributed by atoms with Crippen LogP contribution in [0.4, 0.5) is 0 Å². The molecule has 1 aromatic heterocycles. The lowest BCUT2D eigenvalue weighted by Gasteiger charge is -2.04. The van der Waals surface area contributed by atoms with Crippen LogP contribution in [-0.4, -0.2) is 24.1 Å². The lowest BCUT2D eigenvalue weighted by molar-refractivity contribution is 0.0519. The number of nitrogens with one attached hydrogen (secondary N) is 1. The molecular formula is C13H14Cl2N2O2. The van der Waals surface area contributed by atoms with Crippen molar-refractivity contribution in [1.29, 1.82) is 0 Å². The monoisotopic (exact) mass is 300 g/mol. The molecule has 1 aromatic carbocycles. The van der Waals surface area contributed by atoms with Crippen LogP contribution in [0.5, 0.6) is 0 Å². The van der Waals surface area contributed by atoms with Gasteiger partial charge in [0.05, 0.1) is 11.6 Å². The van der Waals surface area contributed by atoms with Crippen molar-refractivity contribution in [3.63, 3.8) is 0 Å². The van der Waals surface area contributed by atoms with E-state index in [0.717, 1.165) is 10.9 Å². The Morgan fingerprint density at radius 1 is 1.42 bits per heavy atom. The first-order chi connectivity index (χ1) is 9.08. The van der Waals surface area contributed by atoms with Gasteiger partial charge in [0.2, 0.25) is 0 Å². The molecule has 19 heavy (non-hydrogen) atoms. The molecule has 102 valence electrons. The number of aromatic amines is 1. The highest BCUT2D eigenvalue weighted by Gasteiger charge is 2.20. The summed E-state index contributed by atoms with van der Waals surface area (Å²) in [5.41, 5.74) is 7.48. The number of nitrogens with two attached hydrogens (primary N) is 1. The Morgan fingerprint density at radius 2 is 2.16 bits per heavy atom. The highest BCUT2D eigenvalue weighted by Crippen LogP contribution is 2.33. The molecule has 4 nitrogen and oxygen atoms in total. The fraction of sp³-hybridized carbons (Fsp3) is 0.308. The molecule has 0 saturated heterocycles. The predicted octanol–water partition coefficient (Wildman–Crippen LogP) is 3.15. The Labute approximate surface area is 120 Å². The van der Waals surface area contributed by atoms with Gasteiger partial charge in [0.1, 0.15) is 5.69 Å². The number of hydrogen-bond acceptors (Lipinski definition) is 3. The third-order valence-corrected chi connectivity index (χ3v) is 3.31. The number of fused-ring (bicyclic) bond motifs is 1. The van der Waals surface area contributed by atoms with E-state index in [0.29, 0.717) is 40.8 Å². The highest BCUT2D eigenvalue weighted by molar-refractivity contribution is 6.39. The number of esters is 1. The van der Waals surface area contributed by atoms with Gasteiger partial charge in [-0.2, -0.15) is 0 Å². The van der Waals surface area contributed by atoms with E-state index >= 15 is 0 Å². The summed E-state index contributed by atoms with van der Waals surface area (Å²) >= 11 is 12.2. The maximum Gasteiger partial charge on any atom is 0.355 e. The minimum absolute atomic E-state index is 0.310. The number of hydrogen-bond donors (Lipinski definition) is 2. The minimum Gasteiger partial charge on any atom is -0.461 e. The van der Waals surface area contributed by atoms with E-state index in [1.165, 1.54) is 0 Å². The molecule has 3 N–H and O–H groups in total. The van der Waals surface area contributed by atoms with Crippen molar-refractivity contribution in [3.8, 4) is 0 Å². The molecule has 0 radical (unpaired) electrons. The van der Waals surface area contributed by atoms with Crippen LogP contribution in [0, 0.1) is 0 Å². The van der Waals surface area contributed by atoms with E-state index in [2.05, 4.69) is 4.98 Å². The van der Waals surface area contributed by atoms with Crippen molar-refractivity contribution >= 4 is 40.1 Å². The second-order valence-corrected chi connectivity index (χ2v) is 4.89. The maximum atomic E-state index is 11.9. The van der Waals surface area contributed by atoms with Crippen LogP contribution >= 0.6 is 23.2 Å². The van der Waals surface area contributed by atoms with Crippen LogP contribution in [0.3, 0.4) is 0 Å². The minimum atomic E-state index is -0.408. The van der Waals surface area contributed by atoms with Gasteiger partial charge in [-0.15, -0.1) is 0 Å². The Hall–Kier alpha value is -1.23. The smallest absolute Gasteiger partial charge is 0.355 e. The number of benzene rings is 1. The summed E-state index contributed by atoms with van der Waals surface area (Å²) < 4.78 is 5.03. The molecule has 0 saturated carbocycles. The Kier molecular flexibility index (Phi) is 4.34. The second-order valence-electron chi connectivity index (χ2n) is 4.05. The molecule has 0 spiro atoms. The van der Waals surface area contributed by atoms with Crippen molar-refractivity contribution in [3.05, 3.63) is 33.4 Å². The number of rotatable bonds is 4. The van der Waals surface area contributed by atoms with Crippen molar-refractivity contribution in [2.24, 2.45) is 5.73 Å². The van der Waals surface area contributed by atoms with Crippen LogP contribution in [0.2, 0.25) is 10.0 Å². The van der Waals surface area contributed by atoms with Gasteiger partial charge in [0.15, 0.2) is 0 Å². The number of carbonyl (C=O) groups excluding carboxylic acids is 1. The molecule has 1 heterocycles. The van der Waals surface area contributed by atoms with Gasteiger partial charge < -0.3 is 15.5 Å². The third kappa shape index (κ3) is 2.71. The lowest BCUT2D eigenvalue weighted by Crippen LogP contribution is -2.11. The normalized spacial score (nSPS) is 10.9. The van der Waals surface area contributed by atoms with E-state index in [-0.39, 0.29) is 0 Å². The lowest BCUT2D eigenvalue weighted by atomic mass is 10.1. The summed E-state index contributed by atoms with van der Waals surface area (Å²) in [6.45, 7) is 2.48. The average Bonchev–Trinajstić information content (AvgIpc) is 2.69. The van der Waals surface area contributed by atoms with Crippen LogP contribution in [0.15, 0.2) is 12.1 Å². The Morgan fingerprint density at radius 3 is 2.79 bits per heavy atom. The van der Waals surface area contributed by atoms with E-state index in [9.17, 15) is 4.79 Å². The number of H-pyrrole nitrogens is 1. The van der Waals surface area contributed by atoms with Crippen molar-refractivity contribution in [2.45, 2.75) is 13.3 Å². The molecule has 0 aliphatic carbocycles. The predicted molar refractivity (Wildman–Crippen MR) is 77.0 cm³/mol. The van der Waals surface area contributed by atoms with Crippen molar-refractivity contribution < 1.29 is 9.53 Å². The molecule has 2 aromatic rings. The number of carbonyl (C=O) groups is 1. The first-order valence-electron chi connectivity index (χ1n) is 5.95. The molecule has 0 fully saturated rings. The summed E-state index contributed by atoms with van der Waals surface area (Å²) in [7, 11) is 0. The second kappa shape index (κ2) is 5.82. The van der Waals surface area contributed by atoms with Crippen LogP contribution in [0.1, 0.15) is 23.0 Å². The first-order valence-corrected chi connectivity index (χ1v) is 6.70. The molecule has 0 atom stereocenters. The Bertz CT molecular complexity index is 623. The van der Waals surface area contributed by atoms with Gasteiger partial charge in [0.25, 0.3) is 0 Å². The van der Waals surface area contributed by atoms with Crippen LogP contribution < -0.4 is 5.73 Å². The van der Waals surface area contributed by atoms with Gasteiger partial charge in [-0.1, -0.05) is 23.2 Å². The molecule has 2 rings (SSSR count). The highest BCUT2D eigenvalue weighted by atomic mass is 35.5. The van der Waals surface area contributed by atoms with Crippen LogP contribution in [0.25, 0.3) is 10.9 Å². The van der Waals surface area contributed by atoms with Crippen molar-refractivity contribution in [1.82, 2.24) is 4.98 Å². The standard InChI is InChI=1S/C13H14Cl2N2O2/c1-2-19-13(18)12-8(3-4-16)11-9(15)5-7(14)6-10(11)17-12/h5-6,17H,2-4,16H2,1H3. The number of aromatic nitrogens is 1. The van der Waals surface area contributed by atoms with Gasteiger partial charge >= 0.3 is 5.97 Å². The SMILES string of the molecule is CCOC(=O)c1[nH]c2cc(Cl)cc(Cl)c2c1CCN. The van der Waals surface area contributed by atoms with E-state index in [4.69, 9.17) is 33.7 Å². The molecular weight excluding hydrogens is 287 g/mol. The largest absolute Gasteiger partial charge is 0.461 e. The third-order valence-electron chi connectivity index (χ3n) is 2.79. The molecule has 0 unspecified atom stereocenters. The quantitative estimate of drug-likeness (QED) is 0.852. The van der Waals surface area contributed by atoms with E-state index < -0.39 is 5.97 Å². The fourth-order valence-corrected chi connectivity index (χ4v) is 2.69. The van der Waals surface area contributed by atoms with Gasteiger partial charge in [0, 0.05) is 15.9 Å². The molecule has 0 aliphatic heterocycles. The number of halogens is 2. The summed E-state index contributed by atoms with van der Waals surface area (Å²) in [4.78, 5) is 15.0. The van der Waals surface area contributed by atoms with Gasteiger partial charge in [-0.05, 0) is 37.6 Å². The average molecular weight is 301 g/mol. The van der Waals surface area contributed by atoms with E-state index in [1.807, 2.05) is 0 Å². The van der Waals surface area contributed by atoms with Gasteiger partial charge in [-0.3, -0.25) is 0 Å². The molecule has 6 heteroatoms. The zero-order valence-corrected chi connectivity index (χ0v) is 11.9. The molecule has 0 bridgehead atoms. The maximum absolute atomic E-state index is 11.9.